The highest BCUT2D eigenvalue weighted by molar-refractivity contribution is 9.10. The summed E-state index contributed by atoms with van der Waals surface area (Å²) in [5.74, 6) is 0. The summed E-state index contributed by atoms with van der Waals surface area (Å²) in [7, 11) is 0. The average Bonchev–Trinajstić information content (AvgIpc) is 3.13. The van der Waals surface area contributed by atoms with E-state index < -0.39 is 0 Å². The third-order valence-electron chi connectivity index (χ3n) is 6.28. The predicted octanol–water partition coefficient (Wildman–Crippen LogP) is 8.15. The maximum absolute atomic E-state index is 5.00. The fraction of sp³-hybridized carbons (Fsp3) is 0.107. The number of pyridine rings is 1. The zero-order chi connectivity index (χ0) is 21.3. The number of para-hydroxylation sites is 2. The molecule has 0 amide bonds. The second-order valence-corrected chi connectivity index (χ2v) is 9.37. The Hall–Kier alpha value is -3.17. The van der Waals surface area contributed by atoms with Gasteiger partial charge in [-0.2, -0.15) is 0 Å². The monoisotopic (exact) mass is 464 g/mol. The number of aromatic nitrogens is 2. The summed E-state index contributed by atoms with van der Waals surface area (Å²) >= 11 is 3.67. The summed E-state index contributed by atoms with van der Waals surface area (Å²) in [6, 6.07) is 26.3. The van der Waals surface area contributed by atoms with Gasteiger partial charge < -0.3 is 0 Å². The van der Waals surface area contributed by atoms with Gasteiger partial charge in [0.15, 0.2) is 0 Å². The van der Waals surface area contributed by atoms with Gasteiger partial charge in [-0.1, -0.05) is 57.9 Å². The molecular weight excluding hydrogens is 444 g/mol. The number of rotatable bonds is 1. The first-order chi connectivity index (χ1) is 15.0. The number of hydrogen-bond donors (Lipinski definition) is 0. The third kappa shape index (κ3) is 2.73. The normalized spacial score (nSPS) is 11.9. The second kappa shape index (κ2) is 6.66. The number of nitrogens with zero attached hydrogens (tertiary/aromatic N) is 2. The molecule has 150 valence electrons. The molecule has 4 aromatic carbocycles. The first-order valence-corrected chi connectivity index (χ1v) is 11.3. The molecule has 0 unspecified atom stereocenters. The Balaban J connectivity index is 1.81. The Morgan fingerprint density at radius 2 is 1.48 bits per heavy atom. The average molecular weight is 465 g/mol. The Morgan fingerprint density at radius 3 is 2.29 bits per heavy atom. The minimum atomic E-state index is 1.00. The highest BCUT2D eigenvalue weighted by atomic mass is 79.9. The smallest absolute Gasteiger partial charge is 0.146 e. The van der Waals surface area contributed by atoms with Gasteiger partial charge in [-0.25, -0.2) is 4.98 Å². The highest BCUT2D eigenvalue weighted by Crippen LogP contribution is 2.37. The molecule has 0 N–H and O–H groups in total. The topological polar surface area (TPSA) is 17.3 Å². The molecule has 0 saturated heterocycles. The Labute approximate surface area is 189 Å². The van der Waals surface area contributed by atoms with Gasteiger partial charge in [-0.05, 0) is 84.8 Å². The van der Waals surface area contributed by atoms with E-state index in [2.05, 4.69) is 114 Å². The molecule has 0 aliphatic heterocycles. The molecule has 0 aliphatic carbocycles. The van der Waals surface area contributed by atoms with E-state index in [-0.39, 0.29) is 0 Å². The van der Waals surface area contributed by atoms with Crippen LogP contribution < -0.4 is 0 Å². The van der Waals surface area contributed by atoms with E-state index in [1.54, 1.807) is 0 Å². The summed E-state index contributed by atoms with van der Waals surface area (Å²) in [5, 5.41) is 3.63. The molecule has 0 radical (unpaired) electrons. The molecule has 0 saturated carbocycles. The molecule has 2 nitrogen and oxygen atoms in total. The van der Waals surface area contributed by atoms with Crippen LogP contribution in [-0.4, -0.2) is 9.38 Å². The number of benzene rings is 4. The van der Waals surface area contributed by atoms with Crippen LogP contribution in [0.5, 0.6) is 0 Å². The van der Waals surface area contributed by atoms with E-state index in [4.69, 9.17) is 4.98 Å². The number of aryl methyl sites for hydroxylation is 3. The van der Waals surface area contributed by atoms with Crippen molar-refractivity contribution in [3.8, 4) is 11.1 Å². The lowest BCUT2D eigenvalue weighted by atomic mass is 9.92. The van der Waals surface area contributed by atoms with Gasteiger partial charge in [0, 0.05) is 15.2 Å². The van der Waals surface area contributed by atoms with Gasteiger partial charge >= 0.3 is 0 Å². The van der Waals surface area contributed by atoms with Crippen LogP contribution in [0.1, 0.15) is 16.7 Å². The Kier molecular flexibility index (Phi) is 4.00. The van der Waals surface area contributed by atoms with E-state index in [9.17, 15) is 0 Å². The zero-order valence-electron chi connectivity index (χ0n) is 17.7. The van der Waals surface area contributed by atoms with Crippen molar-refractivity contribution < 1.29 is 0 Å². The largest absolute Gasteiger partial charge is 0.292 e. The summed E-state index contributed by atoms with van der Waals surface area (Å²) in [5.41, 5.74) is 10.9. The molecule has 6 aromatic rings. The van der Waals surface area contributed by atoms with E-state index >= 15 is 0 Å². The maximum Gasteiger partial charge on any atom is 0.146 e. The fourth-order valence-corrected chi connectivity index (χ4v) is 5.49. The van der Waals surface area contributed by atoms with Crippen LogP contribution in [-0.2, 0) is 0 Å². The molecular formula is C28H21BrN2. The van der Waals surface area contributed by atoms with E-state index in [1.807, 2.05) is 0 Å². The standard InChI is InChI=1S/C28H21BrN2/c1-16-12-17(2)27(18(3)13-16)19-8-11-25-22(14-19)21-10-9-20(29)15-23(21)28-30-24-6-4-5-7-26(24)31(25)28/h4-15H,1-3H3. The molecule has 2 aromatic heterocycles. The summed E-state index contributed by atoms with van der Waals surface area (Å²) < 4.78 is 3.37. The van der Waals surface area contributed by atoms with Crippen molar-refractivity contribution in [1.82, 2.24) is 9.38 Å². The fourth-order valence-electron chi connectivity index (χ4n) is 5.12. The van der Waals surface area contributed by atoms with Crippen LogP contribution in [0.3, 0.4) is 0 Å². The van der Waals surface area contributed by atoms with Crippen molar-refractivity contribution in [3.05, 3.63) is 94.0 Å². The molecule has 31 heavy (non-hydrogen) atoms. The molecule has 2 heterocycles. The first-order valence-electron chi connectivity index (χ1n) is 10.5. The second-order valence-electron chi connectivity index (χ2n) is 8.46. The van der Waals surface area contributed by atoms with Gasteiger partial charge in [-0.3, -0.25) is 4.40 Å². The molecule has 0 bridgehead atoms. The zero-order valence-corrected chi connectivity index (χ0v) is 19.3. The van der Waals surface area contributed by atoms with E-state index in [1.165, 1.54) is 44.1 Å². The Morgan fingerprint density at radius 1 is 0.710 bits per heavy atom. The first kappa shape index (κ1) is 18.6. The summed E-state index contributed by atoms with van der Waals surface area (Å²) in [4.78, 5) is 5.00. The van der Waals surface area contributed by atoms with Crippen molar-refractivity contribution in [1.29, 1.82) is 0 Å². The SMILES string of the molecule is Cc1cc(C)c(-c2ccc3c(c2)c2ccc(Br)cc2c2nc4ccccc4n32)c(C)c1. The van der Waals surface area contributed by atoms with Crippen LogP contribution in [0.2, 0.25) is 0 Å². The molecule has 0 spiro atoms. The van der Waals surface area contributed by atoms with Crippen LogP contribution in [0, 0.1) is 20.8 Å². The van der Waals surface area contributed by atoms with Crippen molar-refractivity contribution in [2.75, 3.05) is 0 Å². The van der Waals surface area contributed by atoms with E-state index in [0.29, 0.717) is 0 Å². The van der Waals surface area contributed by atoms with Gasteiger partial charge in [-0.15, -0.1) is 0 Å². The quantitative estimate of drug-likeness (QED) is 0.224. The maximum atomic E-state index is 5.00. The van der Waals surface area contributed by atoms with Gasteiger partial charge in [0.1, 0.15) is 5.65 Å². The van der Waals surface area contributed by atoms with Crippen molar-refractivity contribution in [2.24, 2.45) is 0 Å². The molecule has 0 fully saturated rings. The van der Waals surface area contributed by atoms with Crippen molar-refractivity contribution in [2.45, 2.75) is 20.8 Å². The van der Waals surface area contributed by atoms with Crippen LogP contribution >= 0.6 is 15.9 Å². The van der Waals surface area contributed by atoms with Crippen LogP contribution in [0.4, 0.5) is 0 Å². The molecule has 0 aliphatic rings. The third-order valence-corrected chi connectivity index (χ3v) is 6.77. The summed E-state index contributed by atoms with van der Waals surface area (Å²) in [6.07, 6.45) is 0. The Bertz CT molecular complexity index is 1650. The minimum absolute atomic E-state index is 1.00. The number of hydrogen-bond acceptors (Lipinski definition) is 1. The van der Waals surface area contributed by atoms with Gasteiger partial charge in [0.05, 0.1) is 16.6 Å². The number of halogens is 1. The lowest BCUT2D eigenvalue weighted by molar-refractivity contribution is 1.31. The van der Waals surface area contributed by atoms with Gasteiger partial charge in [0.2, 0.25) is 0 Å². The van der Waals surface area contributed by atoms with Crippen molar-refractivity contribution >= 4 is 54.3 Å². The number of imidazole rings is 1. The lowest BCUT2D eigenvalue weighted by Crippen LogP contribution is -1.94. The van der Waals surface area contributed by atoms with Crippen LogP contribution in [0.15, 0.2) is 77.3 Å². The van der Waals surface area contributed by atoms with Crippen molar-refractivity contribution in [3.63, 3.8) is 0 Å². The predicted molar refractivity (Wildman–Crippen MR) is 135 cm³/mol. The lowest BCUT2D eigenvalue weighted by Gasteiger charge is -2.15. The van der Waals surface area contributed by atoms with Crippen LogP contribution in [0.25, 0.3) is 49.5 Å². The highest BCUT2D eigenvalue weighted by Gasteiger charge is 2.15. The van der Waals surface area contributed by atoms with Gasteiger partial charge in [0.25, 0.3) is 0 Å². The summed E-state index contributed by atoms with van der Waals surface area (Å²) in [6.45, 7) is 6.58. The molecule has 3 heteroatoms. The molecule has 6 rings (SSSR count). The molecule has 0 atom stereocenters. The van der Waals surface area contributed by atoms with E-state index in [0.717, 1.165) is 26.5 Å². The number of fused-ring (bicyclic) bond motifs is 8. The minimum Gasteiger partial charge on any atom is -0.292 e.